The summed E-state index contributed by atoms with van der Waals surface area (Å²) >= 11 is 0. The van der Waals surface area contributed by atoms with Gasteiger partial charge in [-0.05, 0) is 6.92 Å². The molecule has 0 fully saturated rings. The van der Waals surface area contributed by atoms with E-state index in [4.69, 9.17) is 0 Å². The van der Waals surface area contributed by atoms with Crippen LogP contribution in [-0.2, 0) is 9.53 Å². The summed E-state index contributed by atoms with van der Waals surface area (Å²) in [5, 5.41) is 0. The van der Waals surface area contributed by atoms with Crippen molar-refractivity contribution in [3.63, 3.8) is 0 Å². The lowest BCUT2D eigenvalue weighted by atomic mass is 9.86. The van der Waals surface area contributed by atoms with Crippen LogP contribution >= 0.6 is 0 Å². The first-order valence-corrected chi connectivity index (χ1v) is 8.72. The summed E-state index contributed by atoms with van der Waals surface area (Å²) in [6.45, 7) is 2.88. The van der Waals surface area contributed by atoms with Crippen LogP contribution in [-0.4, -0.2) is 65.6 Å². The number of hydrogen-bond donors (Lipinski definition) is 0. The molecule has 220 valence electrons. The smallest absolute Gasteiger partial charge is 0.385 e. The van der Waals surface area contributed by atoms with E-state index < -0.39 is 77.6 Å². The molecule has 0 spiro atoms. The van der Waals surface area contributed by atoms with Crippen LogP contribution in [0.4, 0.5) is 83.4 Å². The summed E-state index contributed by atoms with van der Waals surface area (Å²) in [6.07, 6.45) is -8.04. The Morgan fingerprint density at radius 3 is 1.16 bits per heavy atom. The van der Waals surface area contributed by atoms with E-state index in [0.29, 0.717) is 6.92 Å². The van der Waals surface area contributed by atoms with E-state index in [2.05, 4.69) is 11.3 Å². The molecule has 0 aliphatic heterocycles. The van der Waals surface area contributed by atoms with Gasteiger partial charge < -0.3 is 4.74 Å². The molecule has 0 bridgehead atoms. The van der Waals surface area contributed by atoms with E-state index in [9.17, 15) is 88.2 Å². The molecule has 1 atom stereocenters. The van der Waals surface area contributed by atoms with Crippen molar-refractivity contribution < 1.29 is 92.9 Å². The highest BCUT2D eigenvalue weighted by molar-refractivity contribution is 5.87. The third kappa shape index (κ3) is 4.56. The maximum absolute atomic E-state index is 13.6. The first-order valence-electron chi connectivity index (χ1n) is 8.72. The van der Waals surface area contributed by atoms with Gasteiger partial charge in [-0.1, -0.05) is 13.5 Å². The number of hydrogen-bond acceptors (Lipinski definition) is 2. The van der Waals surface area contributed by atoms with E-state index in [0.717, 1.165) is 0 Å². The van der Waals surface area contributed by atoms with Crippen molar-refractivity contribution in [2.24, 2.45) is 0 Å². The number of esters is 1. The molecule has 0 saturated heterocycles. The van der Waals surface area contributed by atoms with Gasteiger partial charge in [0, 0.05) is 12.0 Å². The predicted molar refractivity (Wildman–Crippen MR) is 80.6 cm³/mol. The van der Waals surface area contributed by atoms with Crippen molar-refractivity contribution in [3.05, 3.63) is 12.2 Å². The highest BCUT2D eigenvalue weighted by atomic mass is 19.4. The minimum absolute atomic E-state index is 0.153. The number of ether oxygens (including phenoxy) is 1. The fourth-order valence-corrected chi connectivity index (χ4v) is 2.06. The molecule has 0 aliphatic carbocycles. The van der Waals surface area contributed by atoms with Crippen LogP contribution in [0.15, 0.2) is 12.2 Å². The van der Waals surface area contributed by atoms with E-state index in [1.165, 1.54) is 0 Å². The lowest BCUT2D eigenvalue weighted by Crippen LogP contribution is -2.76. The van der Waals surface area contributed by atoms with Gasteiger partial charge in [-0.25, -0.2) is 4.79 Å². The van der Waals surface area contributed by atoms with Crippen molar-refractivity contribution in [2.45, 2.75) is 79.9 Å². The zero-order chi connectivity index (χ0) is 30.6. The summed E-state index contributed by atoms with van der Waals surface area (Å²) < 4.78 is 259. The Kier molecular flexibility index (Phi) is 8.73. The second-order valence-electron chi connectivity index (χ2n) is 7.20. The van der Waals surface area contributed by atoms with Crippen LogP contribution in [0.25, 0.3) is 0 Å². The van der Waals surface area contributed by atoms with Gasteiger partial charge in [-0.3, -0.25) is 0 Å². The Hall–Kier alpha value is -2.12. The summed E-state index contributed by atoms with van der Waals surface area (Å²) in [6, 6.07) is 0. The van der Waals surface area contributed by atoms with Gasteiger partial charge in [0.15, 0.2) is 0 Å². The molecule has 0 aromatic rings. The predicted octanol–water partition coefficient (Wildman–Crippen LogP) is 7.53. The molecular formula is C16H11F19O2. The number of carbonyl (C=O) groups is 1. The Balaban J connectivity index is 6.93. The Bertz CT molecular complexity index is 875. The van der Waals surface area contributed by atoms with Gasteiger partial charge in [0.05, 0.1) is 0 Å². The van der Waals surface area contributed by atoms with Gasteiger partial charge in [0.2, 0.25) is 0 Å². The van der Waals surface area contributed by atoms with Crippen LogP contribution in [0.3, 0.4) is 0 Å². The van der Waals surface area contributed by atoms with E-state index in [1.807, 2.05) is 0 Å². The lowest BCUT2D eigenvalue weighted by molar-refractivity contribution is -0.466. The van der Waals surface area contributed by atoms with Gasteiger partial charge in [-0.15, -0.1) is 0 Å². The fraction of sp³-hybridized carbons (Fsp3) is 0.812. The third-order valence-corrected chi connectivity index (χ3v) is 4.53. The number of alkyl halides is 19. The molecule has 1 unspecified atom stereocenters. The summed E-state index contributed by atoms with van der Waals surface area (Å²) in [5.41, 5.74) is -1.14. The second-order valence-corrected chi connectivity index (χ2v) is 7.20. The summed E-state index contributed by atoms with van der Waals surface area (Å²) in [5.74, 6) is -76.5. The molecule has 2 nitrogen and oxygen atoms in total. The molecule has 0 radical (unpaired) electrons. The van der Waals surface area contributed by atoms with Crippen molar-refractivity contribution in [3.8, 4) is 0 Å². The quantitative estimate of drug-likeness (QED) is 0.132. The molecule has 0 rings (SSSR count). The van der Waals surface area contributed by atoms with Crippen molar-refractivity contribution in [1.82, 2.24) is 0 Å². The van der Waals surface area contributed by atoms with Gasteiger partial charge in [0.1, 0.15) is 0 Å². The first kappa shape index (κ1) is 34.9. The molecule has 0 N–H and O–H groups in total. The molecule has 0 aromatic carbocycles. The standard InChI is InChI=1S/C16H11F19O2/c1-4-8(18,19)10(22,23)12(26,27)14(30,31)16(34,35)15(32,33)13(28,29)11(24,25)9(20,21)7(17)37-6(36)5(2)3/h7H,2,4H2,1,3H3. The number of rotatable bonds is 12. The van der Waals surface area contributed by atoms with Crippen LogP contribution in [0.2, 0.25) is 0 Å². The molecule has 0 aliphatic rings. The molecule has 21 heteroatoms. The second kappa shape index (κ2) is 9.26. The fourth-order valence-electron chi connectivity index (χ4n) is 2.06. The van der Waals surface area contributed by atoms with Crippen LogP contribution in [0.5, 0.6) is 0 Å². The minimum atomic E-state index is -8.96. The zero-order valence-electron chi connectivity index (χ0n) is 17.5. The first-order chi connectivity index (χ1) is 15.8. The number of halogens is 19. The zero-order valence-corrected chi connectivity index (χ0v) is 17.5. The minimum Gasteiger partial charge on any atom is -0.421 e. The van der Waals surface area contributed by atoms with Gasteiger partial charge >= 0.3 is 65.6 Å². The molecule has 0 heterocycles. The third-order valence-electron chi connectivity index (χ3n) is 4.53. The van der Waals surface area contributed by atoms with Crippen molar-refractivity contribution >= 4 is 5.97 Å². The van der Waals surface area contributed by atoms with E-state index >= 15 is 0 Å². The van der Waals surface area contributed by atoms with E-state index in [1.54, 1.807) is 0 Å². The topological polar surface area (TPSA) is 26.3 Å². The summed E-state index contributed by atoms with van der Waals surface area (Å²) in [4.78, 5) is 10.9. The van der Waals surface area contributed by atoms with Gasteiger partial charge in [0.25, 0.3) is 0 Å². The molecule has 0 aromatic heterocycles. The van der Waals surface area contributed by atoms with Crippen LogP contribution in [0.1, 0.15) is 20.3 Å². The average molecular weight is 596 g/mol. The SMILES string of the molecule is C=C(C)C(=O)OC(F)C(F)(F)C(F)(F)C(F)(F)C(F)(F)C(F)(F)C(F)(F)C(F)(F)C(F)(F)C(F)(F)CC. The maximum Gasteiger partial charge on any atom is 0.385 e. The molecular weight excluding hydrogens is 585 g/mol. The monoisotopic (exact) mass is 596 g/mol. The van der Waals surface area contributed by atoms with Crippen molar-refractivity contribution in [1.29, 1.82) is 0 Å². The molecule has 0 saturated carbocycles. The normalized spacial score (nSPS) is 16.5. The Labute approximate surface area is 192 Å². The Morgan fingerprint density at radius 2 is 0.892 bits per heavy atom. The maximum atomic E-state index is 13.6. The van der Waals surface area contributed by atoms with Gasteiger partial charge in [-0.2, -0.15) is 83.4 Å². The van der Waals surface area contributed by atoms with E-state index in [-0.39, 0.29) is 6.92 Å². The number of carbonyl (C=O) groups excluding carboxylic acids is 1. The highest BCUT2D eigenvalue weighted by Crippen LogP contribution is 2.65. The largest absolute Gasteiger partial charge is 0.421 e. The van der Waals surface area contributed by atoms with Crippen molar-refractivity contribution in [2.75, 3.05) is 0 Å². The molecule has 37 heavy (non-hydrogen) atoms. The summed E-state index contributed by atoms with van der Waals surface area (Å²) in [7, 11) is 0. The average Bonchev–Trinajstić information content (AvgIpc) is 2.71. The lowest BCUT2D eigenvalue weighted by Gasteiger charge is -2.44. The van der Waals surface area contributed by atoms with Crippen LogP contribution < -0.4 is 0 Å². The van der Waals surface area contributed by atoms with Crippen LogP contribution in [0, 0.1) is 0 Å². The highest BCUT2D eigenvalue weighted by Gasteiger charge is 2.96. The molecule has 0 amide bonds. The Morgan fingerprint density at radius 1 is 0.622 bits per heavy atom.